The molecule has 0 heterocycles. The largest absolute Gasteiger partial charge is 2.00 e. The number of hydrogen-bond acceptors (Lipinski definition) is 1. The number of hydrogen-bond donors (Lipinski definition) is 3. The monoisotopic (exact) mass is 350 g/mol. The molecule has 0 aliphatic heterocycles. The Morgan fingerprint density at radius 3 is 1.82 bits per heavy atom. The van der Waals surface area contributed by atoms with Crippen molar-refractivity contribution in [3.05, 3.63) is 13.3 Å². The second-order valence-electron chi connectivity index (χ2n) is 3.51. The predicted molar refractivity (Wildman–Crippen MR) is 82.0 cm³/mol. The van der Waals surface area contributed by atoms with Gasteiger partial charge in [-0.3, -0.25) is 0 Å². The van der Waals surface area contributed by atoms with Crippen LogP contribution in [0.1, 0.15) is 53.4 Å². The van der Waals surface area contributed by atoms with Gasteiger partial charge in [-0.15, -0.1) is 0 Å². The minimum Gasteiger partial charge on any atom is -0.340 e. The molecule has 0 bridgehead atoms. The molecule has 2 N–H and O–H groups in total. The van der Waals surface area contributed by atoms with Crippen LogP contribution in [0.5, 0.6) is 0 Å². The van der Waals surface area contributed by atoms with E-state index in [1.807, 2.05) is 20.3 Å². The summed E-state index contributed by atoms with van der Waals surface area (Å²) in [5.74, 6) is 0.704. The molecule has 0 aliphatic carbocycles. The third-order valence-corrected chi connectivity index (χ3v) is 1.54. The van der Waals surface area contributed by atoms with Crippen molar-refractivity contribution in [2.24, 2.45) is 5.92 Å². The fourth-order valence-electron chi connectivity index (χ4n) is 0.697. The smallest absolute Gasteiger partial charge is 0.340 e. The minimum absolute atomic E-state index is 0. The number of thiol groups is 1. The van der Waals surface area contributed by atoms with Gasteiger partial charge in [-0.2, -0.15) is 19.8 Å². The molecule has 102 valence electrons. The molecule has 0 radical (unpaired) electrons. The zero-order valence-corrected chi connectivity index (χ0v) is 17.2. The summed E-state index contributed by atoms with van der Waals surface area (Å²) in [6, 6.07) is 0. The fraction of sp³-hybridized carbons (Fsp3) is 0.818. The van der Waals surface area contributed by atoms with Crippen LogP contribution in [0.3, 0.4) is 0 Å². The third kappa shape index (κ3) is 74.5. The van der Waals surface area contributed by atoms with Gasteiger partial charge < -0.3 is 23.1 Å². The van der Waals surface area contributed by atoms with E-state index < -0.39 is 5.69 Å². The van der Waals surface area contributed by atoms with Crippen LogP contribution in [0.2, 0.25) is 0 Å². The van der Waals surface area contributed by atoms with Gasteiger partial charge in [0.25, 0.3) is 0 Å². The second kappa shape index (κ2) is 19.9. The van der Waals surface area contributed by atoms with E-state index in [4.69, 9.17) is 9.79 Å². The Labute approximate surface area is 131 Å². The van der Waals surface area contributed by atoms with Crippen LogP contribution in [0.4, 0.5) is 0 Å². The maximum atomic E-state index is 7.87. The van der Waals surface area contributed by atoms with Crippen LogP contribution in [0.15, 0.2) is 0 Å². The van der Waals surface area contributed by atoms with Crippen LogP contribution >= 0.6 is 17.9 Å². The SMILES string of the molecule is C[CH-]C.OP(O)(=S)S.[CH2-]C(CC)CCCC.[Zn+2]. The van der Waals surface area contributed by atoms with E-state index in [1.54, 1.807) is 0 Å². The molecule has 0 amide bonds. The zero-order chi connectivity index (χ0) is 13.6. The van der Waals surface area contributed by atoms with Gasteiger partial charge in [0.2, 0.25) is 5.69 Å². The molecule has 0 saturated heterocycles. The quantitative estimate of drug-likeness (QED) is 0.304. The van der Waals surface area contributed by atoms with Gasteiger partial charge >= 0.3 is 19.5 Å². The molecule has 1 unspecified atom stereocenters. The molecule has 0 aromatic rings. The van der Waals surface area contributed by atoms with Crippen molar-refractivity contribution in [1.29, 1.82) is 0 Å². The Hall–Kier alpha value is 1.54. The van der Waals surface area contributed by atoms with E-state index in [0.29, 0.717) is 5.92 Å². The summed E-state index contributed by atoms with van der Waals surface area (Å²) < 4.78 is 0. The molecule has 0 aromatic heterocycles. The van der Waals surface area contributed by atoms with Gasteiger partial charge in [0.1, 0.15) is 0 Å². The first-order valence-corrected chi connectivity index (χ1v) is 9.44. The number of unbranched alkanes of at least 4 members (excludes halogenated alkanes) is 1. The maximum absolute atomic E-state index is 7.87. The molecule has 0 aliphatic rings. The molecule has 0 spiro atoms. The maximum Gasteiger partial charge on any atom is 2.00 e. The van der Waals surface area contributed by atoms with Crippen molar-refractivity contribution < 1.29 is 29.3 Å². The van der Waals surface area contributed by atoms with Crippen LogP contribution in [-0.4, -0.2) is 9.79 Å². The van der Waals surface area contributed by atoms with Crippen molar-refractivity contribution in [2.45, 2.75) is 53.4 Å². The average Bonchev–Trinajstić information content (AvgIpc) is 2.12. The predicted octanol–water partition coefficient (Wildman–Crippen LogP) is 4.39. The van der Waals surface area contributed by atoms with E-state index in [1.165, 1.54) is 25.7 Å². The topological polar surface area (TPSA) is 40.5 Å². The number of rotatable bonds is 4. The van der Waals surface area contributed by atoms with E-state index in [9.17, 15) is 0 Å². The van der Waals surface area contributed by atoms with Crippen molar-refractivity contribution in [3.63, 3.8) is 0 Å². The summed E-state index contributed by atoms with van der Waals surface area (Å²) in [5.41, 5.74) is -3.11. The first-order valence-electron chi connectivity index (χ1n) is 5.58. The zero-order valence-electron chi connectivity index (χ0n) is 11.6. The summed E-state index contributed by atoms with van der Waals surface area (Å²) in [7, 11) is 0. The van der Waals surface area contributed by atoms with Crippen LogP contribution in [0.25, 0.3) is 0 Å². The Bertz CT molecular complexity index is 157. The van der Waals surface area contributed by atoms with Crippen LogP contribution in [0, 0.1) is 19.3 Å². The standard InChI is InChI=1S/C8H17.C3H7.H3O2PS2.Zn/c1-4-6-7-8(3)5-2;1-3-2;1-3(2,4)5;/h8H,3-7H2,1-2H3;3H,1-2H3;(H3,1,2,4,5);/q2*-1;;+2. The van der Waals surface area contributed by atoms with Gasteiger partial charge in [-0.05, 0) is 11.8 Å². The molecule has 17 heavy (non-hydrogen) atoms. The van der Waals surface area contributed by atoms with Gasteiger partial charge in [0.15, 0.2) is 0 Å². The van der Waals surface area contributed by atoms with E-state index in [2.05, 4.69) is 44.8 Å². The molecular formula is C11H27O2PS2Zn. The molecule has 0 rings (SSSR count). The van der Waals surface area contributed by atoms with Crippen molar-refractivity contribution >= 4 is 29.7 Å². The molecule has 0 aromatic carbocycles. The Balaban J connectivity index is -0.0000000815. The fourth-order valence-corrected chi connectivity index (χ4v) is 0.697. The van der Waals surface area contributed by atoms with Gasteiger partial charge in [0, 0.05) is 0 Å². The van der Waals surface area contributed by atoms with Crippen molar-refractivity contribution in [1.82, 2.24) is 0 Å². The summed E-state index contributed by atoms with van der Waals surface area (Å²) in [5, 5.41) is 0. The summed E-state index contributed by atoms with van der Waals surface area (Å²) in [4.78, 5) is 15.7. The Morgan fingerprint density at radius 2 is 1.65 bits per heavy atom. The molecule has 1 atom stereocenters. The molecule has 0 saturated carbocycles. The van der Waals surface area contributed by atoms with E-state index >= 15 is 0 Å². The van der Waals surface area contributed by atoms with E-state index in [-0.39, 0.29) is 19.5 Å². The molecule has 6 heteroatoms. The summed E-state index contributed by atoms with van der Waals surface area (Å²) in [6.45, 7) is 12.4. The third-order valence-electron chi connectivity index (χ3n) is 1.54. The average molecular weight is 352 g/mol. The summed E-state index contributed by atoms with van der Waals surface area (Å²) >= 11 is 7.07. The van der Waals surface area contributed by atoms with Crippen LogP contribution in [-0.2, 0) is 31.3 Å². The minimum atomic E-state index is -3.11. The summed E-state index contributed by atoms with van der Waals surface area (Å²) in [6.07, 6.45) is 7.21. The van der Waals surface area contributed by atoms with Gasteiger partial charge in [-0.25, -0.2) is 0 Å². The normalized spacial score (nSPS) is 11.1. The van der Waals surface area contributed by atoms with Gasteiger partial charge in [0.05, 0.1) is 0 Å². The Morgan fingerprint density at radius 1 is 1.35 bits per heavy atom. The molecule has 0 fully saturated rings. The molecule has 2 nitrogen and oxygen atoms in total. The van der Waals surface area contributed by atoms with E-state index in [0.717, 1.165) is 0 Å². The van der Waals surface area contributed by atoms with Crippen LogP contribution < -0.4 is 0 Å². The van der Waals surface area contributed by atoms with Crippen molar-refractivity contribution in [3.8, 4) is 0 Å². The first kappa shape index (κ1) is 27.0. The Kier molecular flexibility index (Phi) is 31.5. The van der Waals surface area contributed by atoms with Gasteiger partial charge in [-0.1, -0.05) is 51.8 Å². The van der Waals surface area contributed by atoms with Crippen molar-refractivity contribution in [2.75, 3.05) is 0 Å². The first-order chi connectivity index (χ1) is 7.22. The second-order valence-corrected chi connectivity index (χ2v) is 8.55. The molecular weight excluding hydrogens is 325 g/mol.